The van der Waals surface area contributed by atoms with Crippen molar-refractivity contribution in [1.82, 2.24) is 14.3 Å². The van der Waals surface area contributed by atoms with Gasteiger partial charge in [-0.1, -0.05) is 6.92 Å². The molecule has 0 atom stereocenters. The number of likely N-dealkylation sites (tertiary alicyclic amines) is 1. The Morgan fingerprint density at radius 3 is 2.88 bits per heavy atom. The number of nitrogens with zero attached hydrogens (tertiary/aromatic N) is 3. The van der Waals surface area contributed by atoms with Gasteiger partial charge in [-0.05, 0) is 12.8 Å². The first-order valence-corrected chi connectivity index (χ1v) is 6.41. The van der Waals surface area contributed by atoms with Crippen LogP contribution in [0.2, 0.25) is 0 Å². The van der Waals surface area contributed by atoms with E-state index < -0.39 is 0 Å². The zero-order valence-corrected chi connectivity index (χ0v) is 10.2. The molecule has 0 unspecified atom stereocenters. The zero-order valence-electron chi connectivity index (χ0n) is 9.40. The van der Waals surface area contributed by atoms with Crippen LogP contribution in [0.5, 0.6) is 0 Å². The van der Waals surface area contributed by atoms with Gasteiger partial charge in [-0.15, -0.1) is 0 Å². The highest BCUT2D eigenvalue weighted by Crippen LogP contribution is 2.12. The summed E-state index contributed by atoms with van der Waals surface area (Å²) in [5.41, 5.74) is 0. The van der Waals surface area contributed by atoms with Crippen molar-refractivity contribution in [3.63, 3.8) is 0 Å². The number of rotatable bonds is 4. The van der Waals surface area contributed by atoms with Gasteiger partial charge >= 0.3 is 0 Å². The highest BCUT2D eigenvalue weighted by atomic mass is 32.1. The summed E-state index contributed by atoms with van der Waals surface area (Å²) < 4.78 is 4.15. The normalized spacial score (nSPS) is 15.4. The van der Waals surface area contributed by atoms with Crippen LogP contribution < -0.4 is 5.32 Å². The second-order valence-electron chi connectivity index (χ2n) is 3.81. The summed E-state index contributed by atoms with van der Waals surface area (Å²) in [4.78, 5) is 17.9. The second-order valence-corrected chi connectivity index (χ2v) is 4.56. The maximum absolute atomic E-state index is 11.7. The van der Waals surface area contributed by atoms with Crippen molar-refractivity contribution in [2.75, 3.05) is 25.0 Å². The maximum atomic E-state index is 11.7. The Balaban J connectivity index is 1.80. The molecule has 1 N–H and O–H groups in total. The number of anilines is 1. The molecule has 0 aromatic carbocycles. The van der Waals surface area contributed by atoms with Gasteiger partial charge in [0.2, 0.25) is 11.0 Å². The van der Waals surface area contributed by atoms with Crippen LogP contribution in [0.25, 0.3) is 0 Å². The summed E-state index contributed by atoms with van der Waals surface area (Å²) in [6, 6.07) is 0. The molecule has 0 bridgehead atoms. The maximum Gasteiger partial charge on any atom is 0.241 e. The van der Waals surface area contributed by atoms with Crippen LogP contribution in [-0.4, -0.2) is 39.8 Å². The summed E-state index contributed by atoms with van der Waals surface area (Å²) in [5, 5.41) is 3.77. The molecule has 0 radical (unpaired) electrons. The number of nitrogens with one attached hydrogen (secondary N) is 1. The molecule has 1 saturated heterocycles. The van der Waals surface area contributed by atoms with Gasteiger partial charge in [0.15, 0.2) is 0 Å². The van der Waals surface area contributed by atoms with E-state index in [4.69, 9.17) is 0 Å². The van der Waals surface area contributed by atoms with Crippen LogP contribution in [0.15, 0.2) is 0 Å². The largest absolute Gasteiger partial charge is 0.351 e. The Hall–Kier alpha value is -1.17. The summed E-state index contributed by atoms with van der Waals surface area (Å²) in [6.07, 6.45) is 3.09. The molecule has 1 amide bonds. The third-order valence-electron chi connectivity index (χ3n) is 2.63. The van der Waals surface area contributed by atoms with Gasteiger partial charge in [0.25, 0.3) is 0 Å². The summed E-state index contributed by atoms with van der Waals surface area (Å²) >= 11 is 1.32. The van der Waals surface area contributed by atoms with Gasteiger partial charge in [0.05, 0.1) is 6.54 Å². The van der Waals surface area contributed by atoms with Crippen molar-refractivity contribution in [2.45, 2.75) is 26.2 Å². The topological polar surface area (TPSA) is 58.1 Å². The Bertz CT molecular complexity index is 359. The first-order valence-electron chi connectivity index (χ1n) is 5.64. The number of hydrogen-bond acceptors (Lipinski definition) is 5. The molecular weight excluding hydrogens is 224 g/mol. The van der Waals surface area contributed by atoms with Gasteiger partial charge in [-0.25, -0.2) is 4.98 Å². The first-order chi connectivity index (χ1) is 7.79. The molecule has 5 nitrogen and oxygen atoms in total. The number of aromatic nitrogens is 2. The lowest BCUT2D eigenvalue weighted by Gasteiger charge is -2.14. The van der Waals surface area contributed by atoms with Crippen LogP contribution in [0, 0.1) is 0 Å². The van der Waals surface area contributed by atoms with Crippen LogP contribution >= 0.6 is 11.5 Å². The lowest BCUT2D eigenvalue weighted by Crippen LogP contribution is -2.32. The monoisotopic (exact) mass is 240 g/mol. The molecule has 88 valence electrons. The van der Waals surface area contributed by atoms with E-state index in [9.17, 15) is 4.79 Å². The van der Waals surface area contributed by atoms with E-state index in [-0.39, 0.29) is 5.91 Å². The van der Waals surface area contributed by atoms with E-state index in [1.54, 1.807) is 0 Å². The minimum absolute atomic E-state index is 0.158. The third kappa shape index (κ3) is 2.69. The number of hydrogen-bond donors (Lipinski definition) is 1. The number of aryl methyl sites for hydroxylation is 1. The van der Waals surface area contributed by atoms with Crippen molar-refractivity contribution in [2.24, 2.45) is 0 Å². The molecule has 0 spiro atoms. The molecule has 6 heteroatoms. The van der Waals surface area contributed by atoms with Crippen LogP contribution in [-0.2, 0) is 11.2 Å². The lowest BCUT2D eigenvalue weighted by atomic mass is 10.4. The molecular formula is C10H16N4OS. The standard InChI is InChI=1S/C10H16N4OS/c1-2-8-12-10(16-13-8)11-7-9(15)14-5-3-4-6-14/h2-7H2,1H3,(H,11,12,13). The molecule has 2 rings (SSSR count). The second kappa shape index (κ2) is 5.25. The van der Waals surface area contributed by atoms with Crippen molar-refractivity contribution >= 4 is 22.6 Å². The molecule has 1 aromatic heterocycles. The first kappa shape index (κ1) is 11.3. The fraction of sp³-hybridized carbons (Fsp3) is 0.700. The van der Waals surface area contributed by atoms with E-state index >= 15 is 0 Å². The smallest absolute Gasteiger partial charge is 0.241 e. The van der Waals surface area contributed by atoms with Gasteiger partial charge < -0.3 is 10.2 Å². The highest BCUT2D eigenvalue weighted by molar-refractivity contribution is 7.09. The average Bonchev–Trinajstić information content (AvgIpc) is 2.96. The average molecular weight is 240 g/mol. The lowest BCUT2D eigenvalue weighted by molar-refractivity contribution is -0.128. The molecule has 0 aliphatic carbocycles. The molecule has 1 aromatic rings. The summed E-state index contributed by atoms with van der Waals surface area (Å²) in [6.45, 7) is 4.15. The molecule has 1 fully saturated rings. The van der Waals surface area contributed by atoms with E-state index in [1.165, 1.54) is 11.5 Å². The molecule has 1 aliphatic heterocycles. The molecule has 1 aliphatic rings. The highest BCUT2D eigenvalue weighted by Gasteiger charge is 2.17. The predicted molar refractivity (Wildman–Crippen MR) is 63.6 cm³/mol. The summed E-state index contributed by atoms with van der Waals surface area (Å²) in [5.74, 6) is 0.992. The third-order valence-corrected chi connectivity index (χ3v) is 3.34. The molecule has 2 heterocycles. The Kier molecular flexibility index (Phi) is 3.71. The van der Waals surface area contributed by atoms with E-state index in [0.29, 0.717) is 6.54 Å². The fourth-order valence-corrected chi connectivity index (χ4v) is 2.34. The van der Waals surface area contributed by atoms with E-state index in [2.05, 4.69) is 14.7 Å². The van der Waals surface area contributed by atoms with Crippen LogP contribution in [0.1, 0.15) is 25.6 Å². The Morgan fingerprint density at radius 2 is 2.25 bits per heavy atom. The van der Waals surface area contributed by atoms with Crippen molar-refractivity contribution in [3.05, 3.63) is 5.82 Å². The summed E-state index contributed by atoms with van der Waals surface area (Å²) in [7, 11) is 0. The Labute approximate surface area is 99.0 Å². The SMILES string of the molecule is CCc1nsc(NCC(=O)N2CCCC2)n1. The van der Waals surface area contributed by atoms with Gasteiger partial charge in [-0.3, -0.25) is 4.79 Å². The van der Waals surface area contributed by atoms with Gasteiger partial charge in [-0.2, -0.15) is 4.37 Å². The number of amides is 1. The van der Waals surface area contributed by atoms with Crippen molar-refractivity contribution in [3.8, 4) is 0 Å². The van der Waals surface area contributed by atoms with E-state index in [0.717, 1.165) is 43.3 Å². The molecule has 0 saturated carbocycles. The van der Waals surface area contributed by atoms with Crippen molar-refractivity contribution < 1.29 is 4.79 Å². The quantitative estimate of drug-likeness (QED) is 0.857. The molecule has 16 heavy (non-hydrogen) atoms. The minimum Gasteiger partial charge on any atom is -0.351 e. The zero-order chi connectivity index (χ0) is 11.4. The van der Waals surface area contributed by atoms with Crippen LogP contribution in [0.4, 0.5) is 5.13 Å². The minimum atomic E-state index is 0.158. The van der Waals surface area contributed by atoms with E-state index in [1.807, 2.05) is 11.8 Å². The van der Waals surface area contributed by atoms with Gasteiger partial charge in [0, 0.05) is 31.0 Å². The predicted octanol–water partition coefficient (Wildman–Crippen LogP) is 1.13. The fourth-order valence-electron chi connectivity index (χ4n) is 1.70. The Morgan fingerprint density at radius 1 is 1.50 bits per heavy atom. The van der Waals surface area contributed by atoms with Crippen molar-refractivity contribution in [1.29, 1.82) is 0 Å². The van der Waals surface area contributed by atoms with Gasteiger partial charge in [0.1, 0.15) is 5.82 Å². The van der Waals surface area contributed by atoms with Crippen LogP contribution in [0.3, 0.4) is 0 Å². The number of carbonyl (C=O) groups is 1. The number of carbonyl (C=O) groups excluding carboxylic acids is 1.